The SMILES string of the molecule is Cc1cc(C(N)/C2=C/CCCCCC2)ccc1Cl. The first-order chi connectivity index (χ1) is 8.68. The van der Waals surface area contributed by atoms with Crippen molar-refractivity contribution in [1.29, 1.82) is 0 Å². The Hall–Kier alpha value is -0.790. The summed E-state index contributed by atoms with van der Waals surface area (Å²) in [5, 5.41) is 0.817. The van der Waals surface area contributed by atoms with E-state index in [1.54, 1.807) is 0 Å². The summed E-state index contributed by atoms with van der Waals surface area (Å²) in [4.78, 5) is 0. The van der Waals surface area contributed by atoms with Crippen LogP contribution in [0.1, 0.15) is 55.7 Å². The average molecular weight is 264 g/mol. The third-order valence-electron chi connectivity index (χ3n) is 3.77. The van der Waals surface area contributed by atoms with Gasteiger partial charge in [0.05, 0.1) is 6.04 Å². The number of allylic oxidation sites excluding steroid dienone is 1. The molecular weight excluding hydrogens is 242 g/mol. The molecule has 0 bridgehead atoms. The molecule has 1 aliphatic rings. The highest BCUT2D eigenvalue weighted by atomic mass is 35.5. The second-order valence-electron chi connectivity index (χ2n) is 5.22. The lowest BCUT2D eigenvalue weighted by Crippen LogP contribution is -2.14. The molecule has 1 aromatic rings. The van der Waals surface area contributed by atoms with Gasteiger partial charge in [-0.05, 0) is 49.8 Å². The van der Waals surface area contributed by atoms with Crippen molar-refractivity contribution >= 4 is 11.6 Å². The van der Waals surface area contributed by atoms with E-state index >= 15 is 0 Å². The third-order valence-corrected chi connectivity index (χ3v) is 4.19. The first-order valence-electron chi connectivity index (χ1n) is 6.89. The number of aryl methyl sites for hydroxylation is 1. The minimum Gasteiger partial charge on any atom is -0.321 e. The summed E-state index contributed by atoms with van der Waals surface area (Å²) in [5.74, 6) is 0. The van der Waals surface area contributed by atoms with E-state index in [0.717, 1.165) is 17.0 Å². The molecule has 1 atom stereocenters. The van der Waals surface area contributed by atoms with E-state index < -0.39 is 0 Å². The van der Waals surface area contributed by atoms with Crippen LogP contribution in [-0.4, -0.2) is 0 Å². The van der Waals surface area contributed by atoms with E-state index in [-0.39, 0.29) is 6.04 Å². The van der Waals surface area contributed by atoms with Crippen LogP contribution in [0.25, 0.3) is 0 Å². The van der Waals surface area contributed by atoms with Gasteiger partial charge in [-0.3, -0.25) is 0 Å². The lowest BCUT2D eigenvalue weighted by atomic mass is 9.91. The Bertz CT molecular complexity index is 437. The Morgan fingerprint density at radius 3 is 2.72 bits per heavy atom. The van der Waals surface area contributed by atoms with Crippen LogP contribution < -0.4 is 5.73 Å². The van der Waals surface area contributed by atoms with E-state index in [1.807, 2.05) is 13.0 Å². The largest absolute Gasteiger partial charge is 0.321 e. The molecule has 1 unspecified atom stereocenters. The Balaban J connectivity index is 2.18. The number of hydrogen-bond donors (Lipinski definition) is 1. The standard InChI is InChI=1S/C16H22ClN/c1-12-11-14(9-10-15(12)17)16(18)13-7-5-3-2-4-6-8-13/h7,9-11,16H,2-6,8,18H2,1H3/b13-7+. The maximum absolute atomic E-state index is 6.40. The Kier molecular flexibility index (Phi) is 4.85. The van der Waals surface area contributed by atoms with Gasteiger partial charge in [0, 0.05) is 5.02 Å². The molecule has 1 nitrogen and oxygen atoms in total. The van der Waals surface area contributed by atoms with Crippen LogP contribution in [0.15, 0.2) is 29.8 Å². The van der Waals surface area contributed by atoms with Gasteiger partial charge in [0.1, 0.15) is 0 Å². The molecule has 0 saturated carbocycles. The van der Waals surface area contributed by atoms with Gasteiger partial charge in [-0.25, -0.2) is 0 Å². The van der Waals surface area contributed by atoms with Crippen LogP contribution in [0.2, 0.25) is 5.02 Å². The van der Waals surface area contributed by atoms with Gasteiger partial charge >= 0.3 is 0 Å². The van der Waals surface area contributed by atoms with Crippen molar-refractivity contribution in [1.82, 2.24) is 0 Å². The van der Waals surface area contributed by atoms with Crippen molar-refractivity contribution in [2.24, 2.45) is 5.73 Å². The highest BCUT2D eigenvalue weighted by molar-refractivity contribution is 6.31. The van der Waals surface area contributed by atoms with Gasteiger partial charge in [-0.1, -0.05) is 48.2 Å². The van der Waals surface area contributed by atoms with E-state index in [2.05, 4.69) is 18.2 Å². The number of benzene rings is 1. The highest BCUT2D eigenvalue weighted by Gasteiger charge is 2.13. The summed E-state index contributed by atoms with van der Waals surface area (Å²) >= 11 is 6.06. The summed E-state index contributed by atoms with van der Waals surface area (Å²) in [6, 6.07) is 6.17. The molecule has 0 heterocycles. The molecule has 2 rings (SSSR count). The number of nitrogens with two attached hydrogens (primary N) is 1. The van der Waals surface area contributed by atoms with Crippen LogP contribution in [0.4, 0.5) is 0 Å². The van der Waals surface area contributed by atoms with Crippen molar-refractivity contribution in [2.75, 3.05) is 0 Å². The van der Waals surface area contributed by atoms with Crippen LogP contribution >= 0.6 is 11.6 Å². The van der Waals surface area contributed by atoms with Crippen LogP contribution in [0.5, 0.6) is 0 Å². The molecule has 2 N–H and O–H groups in total. The van der Waals surface area contributed by atoms with Gasteiger partial charge in [0.15, 0.2) is 0 Å². The number of halogens is 1. The van der Waals surface area contributed by atoms with E-state index in [9.17, 15) is 0 Å². The molecule has 0 aliphatic heterocycles. The summed E-state index contributed by atoms with van der Waals surface area (Å²) in [6.07, 6.45) is 9.94. The number of hydrogen-bond acceptors (Lipinski definition) is 1. The zero-order chi connectivity index (χ0) is 13.0. The molecule has 1 aromatic carbocycles. The second kappa shape index (κ2) is 6.40. The minimum absolute atomic E-state index is 0.0408. The van der Waals surface area contributed by atoms with Crippen molar-refractivity contribution in [3.05, 3.63) is 46.0 Å². The first kappa shape index (κ1) is 13.6. The fraction of sp³-hybridized carbons (Fsp3) is 0.500. The van der Waals surface area contributed by atoms with Crippen LogP contribution in [-0.2, 0) is 0 Å². The lowest BCUT2D eigenvalue weighted by Gasteiger charge is -2.19. The summed E-state index contributed by atoms with van der Waals surface area (Å²) < 4.78 is 0. The fourth-order valence-electron chi connectivity index (χ4n) is 2.57. The molecule has 2 heteroatoms. The van der Waals surface area contributed by atoms with E-state index in [4.69, 9.17) is 17.3 Å². The fourth-order valence-corrected chi connectivity index (χ4v) is 2.69. The van der Waals surface area contributed by atoms with Crippen molar-refractivity contribution < 1.29 is 0 Å². The van der Waals surface area contributed by atoms with Crippen molar-refractivity contribution in [2.45, 2.75) is 51.5 Å². The molecule has 0 amide bonds. The molecule has 0 radical (unpaired) electrons. The second-order valence-corrected chi connectivity index (χ2v) is 5.63. The number of rotatable bonds is 2. The minimum atomic E-state index is 0.0408. The average Bonchev–Trinajstić information content (AvgIpc) is 2.31. The Morgan fingerprint density at radius 1 is 1.17 bits per heavy atom. The molecule has 0 spiro atoms. The van der Waals surface area contributed by atoms with E-state index in [0.29, 0.717) is 0 Å². The molecule has 1 aliphatic carbocycles. The zero-order valence-corrected chi connectivity index (χ0v) is 11.8. The van der Waals surface area contributed by atoms with Crippen molar-refractivity contribution in [3.63, 3.8) is 0 Å². The third kappa shape index (κ3) is 3.37. The predicted octanol–water partition coefficient (Wildman–Crippen LogP) is 4.93. The first-order valence-corrected chi connectivity index (χ1v) is 7.27. The molecule has 0 fully saturated rings. The topological polar surface area (TPSA) is 26.0 Å². The maximum Gasteiger partial charge on any atom is 0.0511 e. The smallest absolute Gasteiger partial charge is 0.0511 e. The Labute approximate surface area is 115 Å². The Morgan fingerprint density at radius 2 is 1.94 bits per heavy atom. The molecule has 0 aromatic heterocycles. The van der Waals surface area contributed by atoms with Gasteiger partial charge in [0.25, 0.3) is 0 Å². The monoisotopic (exact) mass is 263 g/mol. The van der Waals surface area contributed by atoms with Gasteiger partial charge in [0.2, 0.25) is 0 Å². The predicted molar refractivity (Wildman–Crippen MR) is 78.9 cm³/mol. The molecule has 98 valence electrons. The van der Waals surface area contributed by atoms with Crippen molar-refractivity contribution in [3.8, 4) is 0 Å². The summed E-state index contributed by atoms with van der Waals surface area (Å²) in [6.45, 7) is 2.03. The molecule has 0 saturated heterocycles. The van der Waals surface area contributed by atoms with Gasteiger partial charge in [-0.2, -0.15) is 0 Å². The lowest BCUT2D eigenvalue weighted by molar-refractivity contribution is 0.602. The van der Waals surface area contributed by atoms with E-state index in [1.165, 1.54) is 43.2 Å². The summed E-state index contributed by atoms with van der Waals surface area (Å²) in [7, 11) is 0. The molecule has 18 heavy (non-hydrogen) atoms. The molecular formula is C16H22ClN. The summed E-state index contributed by atoms with van der Waals surface area (Å²) in [5.41, 5.74) is 10.1. The quantitative estimate of drug-likeness (QED) is 0.753. The van der Waals surface area contributed by atoms with Gasteiger partial charge < -0.3 is 5.73 Å². The van der Waals surface area contributed by atoms with Gasteiger partial charge in [-0.15, -0.1) is 0 Å². The zero-order valence-electron chi connectivity index (χ0n) is 11.1. The van der Waals surface area contributed by atoms with Crippen LogP contribution in [0.3, 0.4) is 0 Å². The van der Waals surface area contributed by atoms with Crippen LogP contribution in [0, 0.1) is 6.92 Å². The highest BCUT2D eigenvalue weighted by Crippen LogP contribution is 2.28. The normalized spacial score (nSPS) is 21.6. The maximum atomic E-state index is 6.40.